The Bertz CT molecular complexity index is 1370. The van der Waals surface area contributed by atoms with Crippen molar-refractivity contribution in [3.8, 4) is 22.3 Å². The number of hydrogen-bond donors (Lipinski definition) is 2. The summed E-state index contributed by atoms with van der Waals surface area (Å²) in [5.74, 6) is -1.81. The van der Waals surface area contributed by atoms with Crippen LogP contribution in [0.1, 0.15) is 22.6 Å². The minimum Gasteiger partial charge on any atom is -0.480 e. The molecule has 0 heterocycles. The van der Waals surface area contributed by atoms with Crippen molar-refractivity contribution in [3.05, 3.63) is 120 Å². The number of rotatable bonds is 7. The molecule has 4 aromatic rings. The predicted octanol–water partition coefficient (Wildman–Crippen LogP) is 6.03. The first-order valence-electron chi connectivity index (χ1n) is 11.7. The molecule has 5 nitrogen and oxygen atoms in total. The maximum atomic E-state index is 14.7. The second-order valence-electron chi connectivity index (χ2n) is 8.75. The van der Waals surface area contributed by atoms with E-state index in [1.54, 1.807) is 24.3 Å². The largest absolute Gasteiger partial charge is 0.480 e. The number of carboxylic acid groups (broad SMARTS) is 1. The normalized spacial score (nSPS) is 12.9. The number of aliphatic carboxylic acids is 1. The number of hydrogen-bond acceptors (Lipinski definition) is 3. The van der Waals surface area contributed by atoms with Crippen LogP contribution in [0.3, 0.4) is 0 Å². The Morgan fingerprint density at radius 1 is 0.833 bits per heavy atom. The molecule has 0 spiro atoms. The van der Waals surface area contributed by atoms with Crippen LogP contribution in [0.25, 0.3) is 22.3 Å². The number of carbonyl (C=O) groups is 2. The molecule has 0 radical (unpaired) electrons. The van der Waals surface area contributed by atoms with Crippen molar-refractivity contribution < 1.29 is 23.8 Å². The lowest BCUT2D eigenvalue weighted by molar-refractivity contribution is -0.139. The predicted molar refractivity (Wildman–Crippen MR) is 135 cm³/mol. The summed E-state index contributed by atoms with van der Waals surface area (Å²) < 4.78 is 20.2. The number of alkyl carbamates (subject to hydrolysis) is 1. The number of carbonyl (C=O) groups excluding carboxylic acids is 1. The SMILES string of the molecule is O=C(NC(Cc1ccc(-c2ccccc2)c(F)c1)C(=O)O)OCC1c2ccccc2-c2ccccc21. The van der Waals surface area contributed by atoms with Gasteiger partial charge in [0.1, 0.15) is 18.5 Å². The molecule has 1 atom stereocenters. The second-order valence-corrected chi connectivity index (χ2v) is 8.75. The van der Waals surface area contributed by atoms with Crippen LogP contribution < -0.4 is 5.32 Å². The number of halogens is 1. The minimum atomic E-state index is -1.26. The Morgan fingerprint density at radius 3 is 2.06 bits per heavy atom. The van der Waals surface area contributed by atoms with E-state index in [0.717, 1.165) is 27.8 Å². The molecule has 180 valence electrons. The molecule has 0 saturated carbocycles. The molecule has 2 N–H and O–H groups in total. The van der Waals surface area contributed by atoms with Crippen molar-refractivity contribution in [1.82, 2.24) is 5.32 Å². The Hall–Kier alpha value is -4.45. The van der Waals surface area contributed by atoms with Crippen LogP contribution in [0.4, 0.5) is 9.18 Å². The zero-order valence-electron chi connectivity index (χ0n) is 19.4. The standard InChI is InChI=1S/C30H24FNO4/c31-27-16-19(14-15-21(27)20-8-2-1-3-9-20)17-28(29(33)34)32-30(35)36-18-26-24-12-6-4-10-22(24)23-11-5-7-13-25(23)26/h1-16,26,28H,17-18H2,(H,32,35)(H,33,34). The maximum Gasteiger partial charge on any atom is 0.407 e. The van der Waals surface area contributed by atoms with Crippen molar-refractivity contribution in [2.45, 2.75) is 18.4 Å². The summed E-state index contributed by atoms with van der Waals surface area (Å²) in [7, 11) is 0. The molecule has 1 unspecified atom stereocenters. The number of amides is 1. The Balaban J connectivity index is 1.25. The minimum absolute atomic E-state index is 0.0760. The highest BCUT2D eigenvalue weighted by atomic mass is 19.1. The van der Waals surface area contributed by atoms with Crippen LogP contribution in [-0.2, 0) is 16.0 Å². The fourth-order valence-electron chi connectivity index (χ4n) is 4.76. The summed E-state index contributed by atoms with van der Waals surface area (Å²) in [6.07, 6.45) is -0.906. The number of nitrogens with one attached hydrogen (secondary N) is 1. The summed E-state index contributed by atoms with van der Waals surface area (Å²) in [4.78, 5) is 24.4. The van der Waals surface area contributed by atoms with Gasteiger partial charge in [0.15, 0.2) is 0 Å². The average Bonchev–Trinajstić information content (AvgIpc) is 3.21. The number of ether oxygens (including phenoxy) is 1. The third-order valence-electron chi connectivity index (χ3n) is 6.49. The second kappa shape index (κ2) is 10.0. The van der Waals surface area contributed by atoms with Gasteiger partial charge in [-0.15, -0.1) is 0 Å². The van der Waals surface area contributed by atoms with Gasteiger partial charge in [-0.05, 0) is 39.4 Å². The quantitative estimate of drug-likeness (QED) is 0.338. The van der Waals surface area contributed by atoms with Gasteiger partial charge in [0.25, 0.3) is 0 Å². The molecule has 4 aromatic carbocycles. The van der Waals surface area contributed by atoms with Gasteiger partial charge >= 0.3 is 12.1 Å². The third-order valence-corrected chi connectivity index (χ3v) is 6.49. The van der Waals surface area contributed by atoms with Gasteiger partial charge in [-0.2, -0.15) is 0 Å². The number of fused-ring (bicyclic) bond motifs is 3. The summed E-state index contributed by atoms with van der Waals surface area (Å²) in [6.45, 7) is 0.0760. The van der Waals surface area contributed by atoms with E-state index in [9.17, 15) is 19.1 Å². The fourth-order valence-corrected chi connectivity index (χ4v) is 4.76. The Labute approximate surface area is 208 Å². The van der Waals surface area contributed by atoms with Crippen molar-refractivity contribution in [2.75, 3.05) is 6.61 Å². The van der Waals surface area contributed by atoms with E-state index in [4.69, 9.17) is 4.74 Å². The fraction of sp³-hybridized carbons (Fsp3) is 0.133. The first-order chi connectivity index (χ1) is 17.5. The monoisotopic (exact) mass is 481 g/mol. The highest BCUT2D eigenvalue weighted by Gasteiger charge is 2.30. The lowest BCUT2D eigenvalue weighted by Crippen LogP contribution is -2.42. The zero-order valence-corrected chi connectivity index (χ0v) is 19.4. The lowest BCUT2D eigenvalue weighted by atomic mass is 9.98. The molecule has 0 saturated heterocycles. The van der Waals surface area contributed by atoms with Gasteiger partial charge in [-0.25, -0.2) is 14.0 Å². The van der Waals surface area contributed by atoms with E-state index in [2.05, 4.69) is 5.32 Å². The van der Waals surface area contributed by atoms with Gasteiger partial charge in [-0.3, -0.25) is 0 Å². The molecular formula is C30H24FNO4. The number of benzene rings is 4. The van der Waals surface area contributed by atoms with Crippen LogP contribution in [0.15, 0.2) is 97.1 Å². The summed E-state index contributed by atoms with van der Waals surface area (Å²) in [6, 6.07) is 28.3. The van der Waals surface area contributed by atoms with Gasteiger partial charge in [0, 0.05) is 17.9 Å². The third kappa shape index (κ3) is 4.70. The summed E-state index contributed by atoms with van der Waals surface area (Å²) in [5, 5.41) is 12.1. The number of carboxylic acids is 1. The first kappa shape index (κ1) is 23.3. The highest BCUT2D eigenvalue weighted by Crippen LogP contribution is 2.44. The molecule has 0 aliphatic heterocycles. The molecule has 1 amide bonds. The smallest absolute Gasteiger partial charge is 0.407 e. The van der Waals surface area contributed by atoms with Gasteiger partial charge in [0.2, 0.25) is 0 Å². The van der Waals surface area contributed by atoms with Crippen molar-refractivity contribution >= 4 is 12.1 Å². The maximum absolute atomic E-state index is 14.7. The molecule has 5 rings (SSSR count). The zero-order chi connectivity index (χ0) is 25.1. The van der Waals surface area contributed by atoms with Crippen LogP contribution in [-0.4, -0.2) is 29.8 Å². The first-order valence-corrected chi connectivity index (χ1v) is 11.7. The van der Waals surface area contributed by atoms with E-state index >= 15 is 0 Å². The average molecular weight is 482 g/mol. The lowest BCUT2D eigenvalue weighted by Gasteiger charge is -2.18. The molecule has 0 aromatic heterocycles. The summed E-state index contributed by atoms with van der Waals surface area (Å²) in [5.41, 5.74) is 5.95. The molecule has 0 bridgehead atoms. The molecule has 1 aliphatic carbocycles. The van der Waals surface area contributed by atoms with Crippen molar-refractivity contribution in [3.63, 3.8) is 0 Å². The molecule has 1 aliphatic rings. The van der Waals surface area contributed by atoms with Gasteiger partial charge in [-0.1, -0.05) is 91.0 Å². The summed E-state index contributed by atoms with van der Waals surface area (Å²) >= 11 is 0. The van der Waals surface area contributed by atoms with Crippen LogP contribution >= 0.6 is 0 Å². The van der Waals surface area contributed by atoms with Gasteiger partial charge in [0.05, 0.1) is 0 Å². The van der Waals surface area contributed by atoms with Crippen LogP contribution in [0.2, 0.25) is 0 Å². The Kier molecular flexibility index (Phi) is 6.50. The Morgan fingerprint density at radius 2 is 1.44 bits per heavy atom. The van der Waals surface area contributed by atoms with Crippen LogP contribution in [0, 0.1) is 5.82 Å². The van der Waals surface area contributed by atoms with E-state index in [1.807, 2.05) is 66.7 Å². The van der Waals surface area contributed by atoms with Crippen LogP contribution in [0.5, 0.6) is 0 Å². The van der Waals surface area contributed by atoms with Crippen molar-refractivity contribution in [2.24, 2.45) is 0 Å². The molecule has 36 heavy (non-hydrogen) atoms. The molecule has 0 fully saturated rings. The topological polar surface area (TPSA) is 75.6 Å². The van der Waals surface area contributed by atoms with E-state index in [1.165, 1.54) is 6.07 Å². The van der Waals surface area contributed by atoms with E-state index in [0.29, 0.717) is 11.1 Å². The van der Waals surface area contributed by atoms with E-state index < -0.39 is 23.9 Å². The molecular weight excluding hydrogens is 457 g/mol. The molecule has 6 heteroatoms. The van der Waals surface area contributed by atoms with Gasteiger partial charge < -0.3 is 15.2 Å². The van der Waals surface area contributed by atoms with E-state index in [-0.39, 0.29) is 18.9 Å². The van der Waals surface area contributed by atoms with Crippen molar-refractivity contribution in [1.29, 1.82) is 0 Å². The highest BCUT2D eigenvalue weighted by molar-refractivity contribution is 5.81.